The molecule has 1 fully saturated rings. The van der Waals surface area contributed by atoms with E-state index in [0.717, 1.165) is 44.9 Å². The molecule has 0 aromatic heterocycles. The molecule has 0 aromatic rings. The fourth-order valence-electron chi connectivity index (χ4n) is 10.8. The standard InChI is InChI=1S/C64H125NO9/c1-3-5-7-9-11-13-15-17-18-19-20-21-22-23-24-25-26-27-28-29-30-31-32-33-34-35-36-37-38-39-41-43-45-47-49-51-53-58(68)63(72)65-56(55-73-64-62(71)61(70)60(69)59(54-66)74-64)57(67)52-50-48-46-44-42-40-16-14-12-10-8-6-4-2/h50,52,56-62,64,66-71H,3-49,51,53-55H2,1-2H3,(H,65,72)/b52-50+. The van der Waals surface area contributed by atoms with Gasteiger partial charge in [-0.3, -0.25) is 4.79 Å². The second kappa shape index (κ2) is 53.9. The Bertz CT molecular complexity index is 1190. The van der Waals surface area contributed by atoms with Gasteiger partial charge in [0.05, 0.1) is 25.4 Å². The number of allylic oxidation sites excluding steroid dienone is 1. The van der Waals surface area contributed by atoms with Crippen molar-refractivity contribution in [3.05, 3.63) is 12.2 Å². The van der Waals surface area contributed by atoms with Crippen molar-refractivity contribution in [2.45, 2.75) is 377 Å². The average molecular weight is 1050 g/mol. The molecule has 1 amide bonds. The zero-order chi connectivity index (χ0) is 53.8. The zero-order valence-corrected chi connectivity index (χ0v) is 48.7. The van der Waals surface area contributed by atoms with Gasteiger partial charge >= 0.3 is 0 Å². The highest BCUT2D eigenvalue weighted by molar-refractivity contribution is 5.80. The molecule has 0 aromatic carbocycles. The molecule has 8 unspecified atom stereocenters. The summed E-state index contributed by atoms with van der Waals surface area (Å²) in [5, 5.41) is 65.0. The van der Waals surface area contributed by atoms with Gasteiger partial charge in [0.25, 0.3) is 0 Å². The monoisotopic (exact) mass is 1050 g/mol. The molecule has 74 heavy (non-hydrogen) atoms. The number of unbranched alkanes of at least 4 members (excludes halogenated alkanes) is 46. The number of aliphatic hydroxyl groups is 6. The van der Waals surface area contributed by atoms with Crippen LogP contribution < -0.4 is 5.32 Å². The van der Waals surface area contributed by atoms with Crippen LogP contribution in [0.2, 0.25) is 0 Å². The van der Waals surface area contributed by atoms with Crippen LogP contribution in [0.4, 0.5) is 0 Å². The Hall–Kier alpha value is -1.11. The maximum Gasteiger partial charge on any atom is 0.249 e. The summed E-state index contributed by atoms with van der Waals surface area (Å²) in [4.78, 5) is 13.1. The van der Waals surface area contributed by atoms with Gasteiger partial charge in [0.15, 0.2) is 6.29 Å². The molecular formula is C64H125NO9. The maximum atomic E-state index is 13.1. The Morgan fingerprint density at radius 1 is 0.459 bits per heavy atom. The van der Waals surface area contributed by atoms with Crippen molar-refractivity contribution in [3.8, 4) is 0 Å². The second-order valence-electron chi connectivity index (χ2n) is 23.1. The number of aliphatic hydroxyl groups excluding tert-OH is 6. The Kier molecular flexibility index (Phi) is 51.6. The summed E-state index contributed by atoms with van der Waals surface area (Å²) < 4.78 is 11.2. The fourth-order valence-corrected chi connectivity index (χ4v) is 10.8. The van der Waals surface area contributed by atoms with Crippen molar-refractivity contribution in [2.75, 3.05) is 13.2 Å². The minimum Gasteiger partial charge on any atom is -0.394 e. The number of rotatable bonds is 57. The van der Waals surface area contributed by atoms with Crippen LogP contribution in [-0.2, 0) is 14.3 Å². The molecule has 0 aliphatic carbocycles. The average Bonchev–Trinajstić information content (AvgIpc) is 3.40. The van der Waals surface area contributed by atoms with E-state index in [4.69, 9.17) is 9.47 Å². The van der Waals surface area contributed by atoms with E-state index in [9.17, 15) is 35.4 Å². The molecule has 1 saturated heterocycles. The van der Waals surface area contributed by atoms with Crippen LogP contribution in [0.5, 0.6) is 0 Å². The summed E-state index contributed by atoms with van der Waals surface area (Å²) >= 11 is 0. The van der Waals surface area contributed by atoms with Crippen LogP contribution in [0, 0.1) is 0 Å². The van der Waals surface area contributed by atoms with E-state index in [1.54, 1.807) is 6.08 Å². The van der Waals surface area contributed by atoms with Gasteiger partial charge in [-0.15, -0.1) is 0 Å². The topological polar surface area (TPSA) is 169 Å². The van der Waals surface area contributed by atoms with Crippen molar-refractivity contribution in [1.82, 2.24) is 5.32 Å². The molecule has 1 rings (SSSR count). The van der Waals surface area contributed by atoms with Crippen LogP contribution in [0.15, 0.2) is 12.2 Å². The predicted octanol–water partition coefficient (Wildman–Crippen LogP) is 15.7. The highest BCUT2D eigenvalue weighted by Gasteiger charge is 2.44. The molecule has 7 N–H and O–H groups in total. The van der Waals surface area contributed by atoms with Gasteiger partial charge < -0.3 is 45.4 Å². The lowest BCUT2D eigenvalue weighted by atomic mass is 9.99. The van der Waals surface area contributed by atoms with Crippen molar-refractivity contribution in [3.63, 3.8) is 0 Å². The van der Waals surface area contributed by atoms with E-state index < -0.39 is 61.5 Å². The van der Waals surface area contributed by atoms with E-state index in [0.29, 0.717) is 6.42 Å². The summed E-state index contributed by atoms with van der Waals surface area (Å²) in [6.45, 7) is 3.65. The van der Waals surface area contributed by atoms with E-state index in [1.807, 2.05) is 6.08 Å². The highest BCUT2D eigenvalue weighted by Crippen LogP contribution is 2.23. The summed E-state index contributed by atoms with van der Waals surface area (Å²) in [5.74, 6) is -0.610. The Balaban J connectivity index is 2.07. The Morgan fingerprint density at radius 2 is 0.770 bits per heavy atom. The van der Waals surface area contributed by atoms with Crippen LogP contribution in [0.3, 0.4) is 0 Å². The van der Waals surface area contributed by atoms with Gasteiger partial charge in [0.1, 0.15) is 30.5 Å². The molecule has 0 saturated carbocycles. The van der Waals surface area contributed by atoms with E-state index >= 15 is 0 Å². The molecule has 1 heterocycles. The Labute approximate surface area is 457 Å². The molecule has 0 spiro atoms. The third-order valence-electron chi connectivity index (χ3n) is 16.0. The first-order chi connectivity index (χ1) is 36.3. The molecule has 1 aliphatic heterocycles. The van der Waals surface area contributed by atoms with Crippen molar-refractivity contribution >= 4 is 5.91 Å². The van der Waals surface area contributed by atoms with Gasteiger partial charge in [0, 0.05) is 0 Å². The number of hydrogen-bond acceptors (Lipinski definition) is 9. The van der Waals surface area contributed by atoms with Gasteiger partial charge in [0.2, 0.25) is 5.91 Å². The molecular weight excluding hydrogens is 927 g/mol. The van der Waals surface area contributed by atoms with Crippen molar-refractivity contribution in [1.29, 1.82) is 0 Å². The normalized spacial score (nSPS) is 19.4. The van der Waals surface area contributed by atoms with Gasteiger partial charge in [-0.1, -0.05) is 321 Å². The summed E-state index contributed by atoms with van der Waals surface area (Å²) in [6, 6.07) is -0.976. The minimum absolute atomic E-state index is 0.301. The molecule has 10 heteroatoms. The number of carbonyl (C=O) groups excluding carboxylic acids is 1. The van der Waals surface area contributed by atoms with Crippen molar-refractivity contribution < 1.29 is 44.9 Å². The van der Waals surface area contributed by atoms with E-state index in [-0.39, 0.29) is 6.61 Å². The molecule has 10 nitrogen and oxygen atoms in total. The van der Waals surface area contributed by atoms with Crippen LogP contribution >= 0.6 is 0 Å². The lowest BCUT2D eigenvalue weighted by Gasteiger charge is -2.40. The SMILES string of the molecule is CCCCCCCCCCCCC/C=C/C(O)C(COC1OC(CO)C(O)C(O)C1O)NC(=O)C(O)CCCCCCCCCCCCCCCCCCCCCCCCCCCCCCCCCCCCCC. The number of hydrogen-bond donors (Lipinski definition) is 7. The maximum absolute atomic E-state index is 13.1. The van der Waals surface area contributed by atoms with Gasteiger partial charge in [-0.25, -0.2) is 0 Å². The fraction of sp³-hybridized carbons (Fsp3) is 0.953. The molecule has 440 valence electrons. The molecule has 1 aliphatic rings. The lowest BCUT2D eigenvalue weighted by molar-refractivity contribution is -0.302. The largest absolute Gasteiger partial charge is 0.394 e. The first kappa shape index (κ1) is 70.9. The second-order valence-corrected chi connectivity index (χ2v) is 23.1. The third kappa shape index (κ3) is 41.9. The van der Waals surface area contributed by atoms with Crippen LogP contribution in [0.1, 0.15) is 328 Å². The molecule has 0 radical (unpaired) electrons. The molecule has 8 atom stereocenters. The van der Waals surface area contributed by atoms with Crippen LogP contribution in [-0.4, -0.2) is 98.7 Å². The lowest BCUT2D eigenvalue weighted by Crippen LogP contribution is -2.60. The zero-order valence-electron chi connectivity index (χ0n) is 48.7. The third-order valence-corrected chi connectivity index (χ3v) is 16.0. The summed E-state index contributed by atoms with van der Waals surface area (Å²) in [6.07, 6.45) is 57.9. The quantitative estimate of drug-likeness (QED) is 0.0232. The predicted molar refractivity (Wildman–Crippen MR) is 310 cm³/mol. The van der Waals surface area contributed by atoms with E-state index in [2.05, 4.69) is 19.2 Å². The first-order valence-electron chi connectivity index (χ1n) is 32.5. The van der Waals surface area contributed by atoms with Crippen LogP contribution in [0.25, 0.3) is 0 Å². The first-order valence-corrected chi connectivity index (χ1v) is 32.5. The van der Waals surface area contributed by atoms with E-state index in [1.165, 1.54) is 263 Å². The van der Waals surface area contributed by atoms with Crippen molar-refractivity contribution in [2.24, 2.45) is 0 Å². The summed E-state index contributed by atoms with van der Waals surface area (Å²) in [5.41, 5.74) is 0. The smallest absolute Gasteiger partial charge is 0.249 e. The number of carbonyl (C=O) groups is 1. The van der Waals surface area contributed by atoms with Gasteiger partial charge in [-0.05, 0) is 19.3 Å². The number of nitrogens with one attached hydrogen (secondary N) is 1. The summed E-state index contributed by atoms with van der Waals surface area (Å²) in [7, 11) is 0. The van der Waals surface area contributed by atoms with Gasteiger partial charge in [-0.2, -0.15) is 0 Å². The minimum atomic E-state index is -1.61. The number of ether oxygens (including phenoxy) is 2. The highest BCUT2D eigenvalue weighted by atomic mass is 16.7. The Morgan fingerprint density at radius 3 is 1.09 bits per heavy atom. The molecule has 0 bridgehead atoms. The number of amides is 1.